The SMILES string of the molecule is COC1C(CN2O[C@@H](CO)[C@H]([C@H](C)O)[C@H]2C(=O)N[C@H]2C[C@H]3C[C@@H]([C@@H]2C)C3(C)C)CCCC1C1CCCC(C(=O)N[C@H](CC2CCCCC2)CN(C)C)C1OC. The van der Waals surface area contributed by atoms with Crippen molar-refractivity contribution >= 4 is 11.8 Å². The second kappa shape index (κ2) is 18.7. The highest BCUT2D eigenvalue weighted by Gasteiger charge is 2.58. The summed E-state index contributed by atoms with van der Waals surface area (Å²) in [5.41, 5.74) is 0.312. The highest BCUT2D eigenvalue weighted by Crippen LogP contribution is 2.61. The Labute approximate surface area is 332 Å². The van der Waals surface area contributed by atoms with Gasteiger partial charge in [0.05, 0.1) is 30.8 Å². The van der Waals surface area contributed by atoms with E-state index in [1.165, 1.54) is 38.5 Å². The second-order valence-corrected chi connectivity index (χ2v) is 19.9. The van der Waals surface area contributed by atoms with Crippen LogP contribution in [0.15, 0.2) is 0 Å². The average molecular weight is 775 g/mol. The number of amides is 2. The van der Waals surface area contributed by atoms with Crippen LogP contribution in [0.2, 0.25) is 0 Å². The summed E-state index contributed by atoms with van der Waals surface area (Å²) in [5.74, 6) is 1.95. The van der Waals surface area contributed by atoms with Crippen molar-refractivity contribution in [1.29, 1.82) is 0 Å². The molecule has 7 fully saturated rings. The Bertz CT molecular complexity index is 1260. The predicted octanol–water partition coefficient (Wildman–Crippen LogP) is 5.03. The molecule has 316 valence electrons. The molecular weight excluding hydrogens is 697 g/mol. The maximum absolute atomic E-state index is 14.3. The van der Waals surface area contributed by atoms with Crippen molar-refractivity contribution in [2.45, 2.75) is 160 Å². The van der Waals surface area contributed by atoms with Crippen LogP contribution < -0.4 is 10.6 Å². The Hall–Kier alpha value is -1.34. The number of aliphatic hydroxyl groups is 2. The van der Waals surface area contributed by atoms with E-state index in [1.54, 1.807) is 26.2 Å². The zero-order valence-electron chi connectivity index (χ0n) is 35.6. The number of carbonyl (C=O) groups excluding carboxylic acids is 2. The third-order valence-electron chi connectivity index (χ3n) is 16.1. The van der Waals surface area contributed by atoms with Gasteiger partial charge in [0.15, 0.2) is 0 Å². The molecule has 0 aromatic rings. The fourth-order valence-corrected chi connectivity index (χ4v) is 13.1. The number of hydroxylamine groups is 2. The summed E-state index contributed by atoms with van der Waals surface area (Å²) in [6, 6.07) is -0.494. The number of hydrogen-bond acceptors (Lipinski definition) is 9. The van der Waals surface area contributed by atoms with E-state index in [0.717, 1.165) is 57.9 Å². The first-order valence-electron chi connectivity index (χ1n) is 22.3. The van der Waals surface area contributed by atoms with E-state index in [4.69, 9.17) is 14.3 Å². The molecule has 1 heterocycles. The van der Waals surface area contributed by atoms with Gasteiger partial charge in [-0.1, -0.05) is 65.7 Å². The highest BCUT2D eigenvalue weighted by atomic mass is 16.7. The molecule has 2 amide bonds. The van der Waals surface area contributed by atoms with Crippen LogP contribution in [0, 0.1) is 58.7 Å². The second-order valence-electron chi connectivity index (χ2n) is 19.9. The highest BCUT2D eigenvalue weighted by molar-refractivity contribution is 5.83. The number of aliphatic hydroxyl groups excluding tert-OH is 2. The molecule has 6 aliphatic carbocycles. The molecule has 1 aliphatic heterocycles. The first-order valence-corrected chi connectivity index (χ1v) is 22.3. The molecule has 1 saturated heterocycles. The van der Waals surface area contributed by atoms with Crippen molar-refractivity contribution in [1.82, 2.24) is 20.6 Å². The summed E-state index contributed by atoms with van der Waals surface area (Å²) in [4.78, 5) is 37.1. The molecule has 0 radical (unpaired) electrons. The molecule has 0 aromatic carbocycles. The topological polar surface area (TPSA) is 133 Å². The molecule has 6 saturated carbocycles. The monoisotopic (exact) mass is 775 g/mol. The van der Waals surface area contributed by atoms with Gasteiger partial charge in [-0.25, -0.2) is 0 Å². The number of rotatable bonds is 15. The molecule has 55 heavy (non-hydrogen) atoms. The van der Waals surface area contributed by atoms with Gasteiger partial charge >= 0.3 is 0 Å². The summed E-state index contributed by atoms with van der Waals surface area (Å²) >= 11 is 0. The molecule has 7 rings (SSSR count). The summed E-state index contributed by atoms with van der Waals surface area (Å²) in [6.07, 6.45) is 13.6. The van der Waals surface area contributed by atoms with E-state index >= 15 is 0 Å². The van der Waals surface area contributed by atoms with E-state index < -0.39 is 24.2 Å². The van der Waals surface area contributed by atoms with Crippen LogP contribution in [-0.2, 0) is 23.9 Å². The molecular formula is C44H78N4O7. The molecule has 2 bridgehead atoms. The minimum absolute atomic E-state index is 0.0693. The lowest BCUT2D eigenvalue weighted by Gasteiger charge is -2.62. The van der Waals surface area contributed by atoms with Gasteiger partial charge in [0.1, 0.15) is 12.1 Å². The van der Waals surface area contributed by atoms with Crippen LogP contribution in [0.5, 0.6) is 0 Å². The van der Waals surface area contributed by atoms with Crippen LogP contribution in [0.1, 0.15) is 118 Å². The fourth-order valence-electron chi connectivity index (χ4n) is 13.1. The summed E-state index contributed by atoms with van der Waals surface area (Å²) < 4.78 is 12.7. The largest absolute Gasteiger partial charge is 0.394 e. The van der Waals surface area contributed by atoms with Gasteiger partial charge in [0, 0.05) is 51.2 Å². The zero-order valence-corrected chi connectivity index (χ0v) is 35.6. The van der Waals surface area contributed by atoms with Crippen LogP contribution >= 0.6 is 0 Å². The first-order chi connectivity index (χ1) is 26.3. The van der Waals surface area contributed by atoms with Crippen LogP contribution in [0.3, 0.4) is 0 Å². The van der Waals surface area contributed by atoms with Gasteiger partial charge in [-0.2, -0.15) is 5.06 Å². The standard InChI is InChI=1S/C44H78N4O7/c1-26-35-21-30(44(35,3)4)22-36(26)46-43(52)39-38(27(2)50)37(25-49)55-48(39)23-29-16-12-17-32(40(29)53-7)33-18-13-19-34(41(33)54-8)42(51)45-31(24-47(5)6)20-28-14-10-9-11-15-28/h26-41,49-50H,9-25H2,1-8H3,(H,45,51)(H,46,52)/t26-,27-,29?,30+,31+,32?,33?,34?,35-,36-,37-,38-,39-,40?,41?/m0/s1. The molecule has 4 N–H and O–H groups in total. The summed E-state index contributed by atoms with van der Waals surface area (Å²) in [7, 11) is 7.75. The van der Waals surface area contributed by atoms with Gasteiger partial charge in [-0.15, -0.1) is 0 Å². The Morgan fingerprint density at radius 2 is 1.60 bits per heavy atom. The van der Waals surface area contributed by atoms with Gasteiger partial charge < -0.3 is 35.2 Å². The van der Waals surface area contributed by atoms with Gasteiger partial charge in [0.25, 0.3) is 0 Å². The number of ether oxygens (including phenoxy) is 2. The van der Waals surface area contributed by atoms with Crippen molar-refractivity contribution in [3.8, 4) is 0 Å². The predicted molar refractivity (Wildman–Crippen MR) is 214 cm³/mol. The van der Waals surface area contributed by atoms with Crippen molar-refractivity contribution in [3.05, 3.63) is 0 Å². The molecule has 6 unspecified atom stereocenters. The van der Waals surface area contributed by atoms with Crippen molar-refractivity contribution in [2.75, 3.05) is 48.0 Å². The number of carbonyl (C=O) groups is 2. The lowest BCUT2D eigenvalue weighted by atomic mass is 9.45. The van der Waals surface area contributed by atoms with Crippen LogP contribution in [-0.4, -0.2) is 123 Å². The normalized spacial score (nSPS) is 40.7. The molecule has 15 atom stereocenters. The Kier molecular flexibility index (Phi) is 14.7. The van der Waals surface area contributed by atoms with Gasteiger partial charge in [-0.05, 0) is 107 Å². The number of fused-ring (bicyclic) bond motifs is 2. The van der Waals surface area contributed by atoms with Crippen LogP contribution in [0.4, 0.5) is 0 Å². The average Bonchev–Trinajstić information content (AvgIpc) is 3.53. The molecule has 7 aliphatic rings. The lowest BCUT2D eigenvalue weighted by molar-refractivity contribution is -0.195. The quantitative estimate of drug-likeness (QED) is 0.181. The molecule has 11 heteroatoms. The number of likely N-dealkylation sites (N-methyl/N-ethyl adjacent to an activating group) is 1. The lowest BCUT2D eigenvalue weighted by Crippen LogP contribution is -2.62. The van der Waals surface area contributed by atoms with E-state index in [0.29, 0.717) is 35.6 Å². The van der Waals surface area contributed by atoms with Gasteiger partial charge in [-0.3, -0.25) is 14.4 Å². The van der Waals surface area contributed by atoms with Crippen molar-refractivity contribution in [3.63, 3.8) is 0 Å². The van der Waals surface area contributed by atoms with Crippen LogP contribution in [0.25, 0.3) is 0 Å². The molecule has 11 nitrogen and oxygen atoms in total. The zero-order chi connectivity index (χ0) is 39.6. The third kappa shape index (κ3) is 9.28. The number of methoxy groups -OCH3 is 2. The fraction of sp³-hybridized carbons (Fsp3) is 0.955. The minimum Gasteiger partial charge on any atom is -0.394 e. The van der Waals surface area contributed by atoms with Crippen molar-refractivity contribution < 1.29 is 34.1 Å². The smallest absolute Gasteiger partial charge is 0.240 e. The Morgan fingerprint density at radius 3 is 2.20 bits per heavy atom. The van der Waals surface area contributed by atoms with E-state index in [-0.39, 0.29) is 66.4 Å². The van der Waals surface area contributed by atoms with E-state index in [1.807, 2.05) is 0 Å². The van der Waals surface area contributed by atoms with Crippen molar-refractivity contribution in [2.24, 2.45) is 58.7 Å². The number of hydrogen-bond donors (Lipinski definition) is 4. The first kappa shape index (κ1) is 43.2. The third-order valence-corrected chi connectivity index (χ3v) is 16.1. The molecule has 0 spiro atoms. The maximum Gasteiger partial charge on any atom is 0.240 e. The summed E-state index contributed by atoms with van der Waals surface area (Å²) in [6.45, 7) is 9.74. The van der Waals surface area contributed by atoms with Gasteiger partial charge in [0.2, 0.25) is 11.8 Å². The van der Waals surface area contributed by atoms with E-state index in [2.05, 4.69) is 50.4 Å². The number of nitrogens with zero attached hydrogens (tertiary/aromatic N) is 2. The maximum atomic E-state index is 14.3. The molecule has 0 aromatic heterocycles. The minimum atomic E-state index is -0.834. The number of nitrogens with one attached hydrogen (secondary N) is 2. The van der Waals surface area contributed by atoms with E-state index in [9.17, 15) is 19.8 Å². The summed E-state index contributed by atoms with van der Waals surface area (Å²) in [5, 5.41) is 30.2. The Balaban J connectivity index is 1.15. The Morgan fingerprint density at radius 1 is 0.927 bits per heavy atom.